The first-order valence-corrected chi connectivity index (χ1v) is 4.56. The van der Waals surface area contributed by atoms with Gasteiger partial charge in [0.2, 0.25) is 0 Å². The van der Waals surface area contributed by atoms with Gasteiger partial charge in [-0.15, -0.1) is 6.58 Å². The summed E-state index contributed by atoms with van der Waals surface area (Å²) in [6.07, 6.45) is 1.58. The van der Waals surface area contributed by atoms with E-state index in [9.17, 15) is 9.59 Å². The molecule has 80 valence electrons. The maximum absolute atomic E-state index is 11.6. The molecule has 0 aromatic carbocycles. The van der Waals surface area contributed by atoms with Gasteiger partial charge in [0.1, 0.15) is 5.76 Å². The SMILES string of the molecule is C=CCNC(=O)c1c(C)cc(=O)oc1C. The van der Waals surface area contributed by atoms with Gasteiger partial charge in [0, 0.05) is 12.6 Å². The van der Waals surface area contributed by atoms with Gasteiger partial charge in [-0.3, -0.25) is 4.79 Å². The Balaban J connectivity index is 3.08. The van der Waals surface area contributed by atoms with Crippen LogP contribution in [0.3, 0.4) is 0 Å². The van der Waals surface area contributed by atoms with Gasteiger partial charge in [-0.2, -0.15) is 0 Å². The van der Waals surface area contributed by atoms with Crippen molar-refractivity contribution >= 4 is 5.91 Å². The van der Waals surface area contributed by atoms with E-state index < -0.39 is 5.63 Å². The summed E-state index contributed by atoms with van der Waals surface area (Å²) in [5, 5.41) is 2.63. The quantitative estimate of drug-likeness (QED) is 0.757. The van der Waals surface area contributed by atoms with E-state index in [4.69, 9.17) is 4.42 Å². The summed E-state index contributed by atoms with van der Waals surface area (Å²) >= 11 is 0. The molecule has 0 fully saturated rings. The van der Waals surface area contributed by atoms with Crippen LogP contribution in [-0.4, -0.2) is 12.5 Å². The van der Waals surface area contributed by atoms with E-state index in [1.807, 2.05) is 0 Å². The number of hydrogen-bond acceptors (Lipinski definition) is 3. The Kier molecular flexibility index (Phi) is 3.44. The molecule has 4 heteroatoms. The highest BCUT2D eigenvalue weighted by Crippen LogP contribution is 2.10. The van der Waals surface area contributed by atoms with Crippen molar-refractivity contribution in [3.8, 4) is 0 Å². The number of amides is 1. The van der Waals surface area contributed by atoms with Gasteiger partial charge in [-0.25, -0.2) is 4.79 Å². The monoisotopic (exact) mass is 207 g/mol. The predicted molar refractivity (Wildman–Crippen MR) is 57.0 cm³/mol. The number of aryl methyl sites for hydroxylation is 2. The molecule has 0 radical (unpaired) electrons. The fraction of sp³-hybridized carbons (Fsp3) is 0.273. The Hall–Kier alpha value is -1.84. The summed E-state index contributed by atoms with van der Waals surface area (Å²) in [5.41, 5.74) is 0.590. The highest BCUT2D eigenvalue weighted by atomic mass is 16.4. The second-order valence-corrected chi connectivity index (χ2v) is 3.18. The van der Waals surface area contributed by atoms with Gasteiger partial charge in [-0.1, -0.05) is 6.08 Å². The number of carbonyl (C=O) groups excluding carboxylic acids is 1. The van der Waals surface area contributed by atoms with Crippen molar-refractivity contribution in [2.45, 2.75) is 13.8 Å². The molecule has 1 aromatic rings. The van der Waals surface area contributed by atoms with E-state index >= 15 is 0 Å². The Morgan fingerprint density at radius 3 is 2.80 bits per heavy atom. The van der Waals surface area contributed by atoms with E-state index in [1.54, 1.807) is 19.9 Å². The van der Waals surface area contributed by atoms with Crippen molar-refractivity contribution in [2.75, 3.05) is 6.54 Å². The number of hydrogen-bond donors (Lipinski definition) is 1. The molecular weight excluding hydrogens is 194 g/mol. The zero-order chi connectivity index (χ0) is 11.4. The summed E-state index contributed by atoms with van der Waals surface area (Å²) < 4.78 is 4.85. The number of rotatable bonds is 3. The van der Waals surface area contributed by atoms with E-state index in [1.165, 1.54) is 6.07 Å². The average molecular weight is 207 g/mol. The van der Waals surface area contributed by atoms with E-state index in [-0.39, 0.29) is 5.91 Å². The first kappa shape index (κ1) is 11.2. The van der Waals surface area contributed by atoms with Crippen molar-refractivity contribution in [2.24, 2.45) is 0 Å². The molecule has 0 aliphatic rings. The van der Waals surface area contributed by atoms with Crippen LogP contribution in [0.25, 0.3) is 0 Å². The largest absolute Gasteiger partial charge is 0.427 e. The first-order valence-electron chi connectivity index (χ1n) is 4.56. The zero-order valence-electron chi connectivity index (χ0n) is 8.79. The minimum absolute atomic E-state index is 0.256. The molecular formula is C11H13NO3. The molecule has 1 heterocycles. The second kappa shape index (κ2) is 4.59. The molecule has 0 aliphatic carbocycles. The summed E-state index contributed by atoms with van der Waals surface area (Å²) in [7, 11) is 0. The highest BCUT2D eigenvalue weighted by molar-refractivity contribution is 5.96. The average Bonchev–Trinajstić information content (AvgIpc) is 2.12. The molecule has 1 aromatic heterocycles. The third-order valence-corrected chi connectivity index (χ3v) is 1.97. The normalized spacial score (nSPS) is 9.73. The molecule has 1 rings (SSSR count). The zero-order valence-corrected chi connectivity index (χ0v) is 8.79. The van der Waals surface area contributed by atoms with Gasteiger partial charge in [0.25, 0.3) is 5.91 Å². The third-order valence-electron chi connectivity index (χ3n) is 1.97. The van der Waals surface area contributed by atoms with Crippen LogP contribution in [0.1, 0.15) is 21.7 Å². The Morgan fingerprint density at radius 2 is 2.27 bits per heavy atom. The van der Waals surface area contributed by atoms with E-state index in [0.29, 0.717) is 23.4 Å². The molecule has 0 aliphatic heterocycles. The summed E-state index contributed by atoms with van der Waals surface area (Å²) in [5.74, 6) is 0.0789. The topological polar surface area (TPSA) is 59.3 Å². The second-order valence-electron chi connectivity index (χ2n) is 3.18. The molecule has 1 amide bonds. The fourth-order valence-electron chi connectivity index (χ4n) is 1.35. The molecule has 0 atom stereocenters. The standard InChI is InChI=1S/C11H13NO3/c1-4-5-12-11(14)10-7(2)6-9(13)15-8(10)3/h4,6H,1,5H2,2-3H3,(H,12,14). The Morgan fingerprint density at radius 1 is 1.60 bits per heavy atom. The van der Waals surface area contributed by atoms with Crippen LogP contribution < -0.4 is 10.9 Å². The smallest absolute Gasteiger partial charge is 0.336 e. The lowest BCUT2D eigenvalue weighted by Gasteiger charge is -2.07. The Bertz CT molecular complexity index is 419. The van der Waals surface area contributed by atoms with Gasteiger partial charge >= 0.3 is 5.63 Å². The fourth-order valence-corrected chi connectivity index (χ4v) is 1.35. The van der Waals surface area contributed by atoms with Crippen LogP contribution in [-0.2, 0) is 0 Å². The maximum atomic E-state index is 11.6. The van der Waals surface area contributed by atoms with Gasteiger partial charge in [0.15, 0.2) is 0 Å². The molecule has 0 unspecified atom stereocenters. The van der Waals surface area contributed by atoms with Crippen molar-refractivity contribution in [3.05, 3.63) is 46.0 Å². The lowest BCUT2D eigenvalue weighted by molar-refractivity contribution is 0.0953. The minimum atomic E-state index is -0.440. The van der Waals surface area contributed by atoms with E-state index in [2.05, 4.69) is 11.9 Å². The lowest BCUT2D eigenvalue weighted by Crippen LogP contribution is -2.25. The third kappa shape index (κ3) is 2.56. The molecule has 4 nitrogen and oxygen atoms in total. The van der Waals surface area contributed by atoms with Gasteiger partial charge in [0.05, 0.1) is 5.56 Å². The maximum Gasteiger partial charge on any atom is 0.336 e. The van der Waals surface area contributed by atoms with Crippen molar-refractivity contribution in [1.82, 2.24) is 5.32 Å². The lowest BCUT2D eigenvalue weighted by atomic mass is 10.1. The summed E-state index contributed by atoms with van der Waals surface area (Å²) in [4.78, 5) is 22.6. The predicted octanol–water partition coefficient (Wildman–Crippen LogP) is 1.17. The molecule has 0 saturated carbocycles. The first-order chi connectivity index (χ1) is 7.06. The van der Waals surface area contributed by atoms with Crippen LogP contribution in [0.4, 0.5) is 0 Å². The molecule has 0 spiro atoms. The van der Waals surface area contributed by atoms with Gasteiger partial charge < -0.3 is 9.73 Å². The molecule has 0 saturated heterocycles. The summed E-state index contributed by atoms with van der Waals surface area (Å²) in [6, 6.07) is 1.30. The number of carbonyl (C=O) groups is 1. The van der Waals surface area contributed by atoms with Crippen LogP contribution in [0, 0.1) is 13.8 Å². The van der Waals surface area contributed by atoms with Crippen LogP contribution in [0.15, 0.2) is 27.9 Å². The molecule has 15 heavy (non-hydrogen) atoms. The van der Waals surface area contributed by atoms with Crippen molar-refractivity contribution in [3.63, 3.8) is 0 Å². The number of nitrogens with one attached hydrogen (secondary N) is 1. The van der Waals surface area contributed by atoms with Crippen LogP contribution in [0.5, 0.6) is 0 Å². The van der Waals surface area contributed by atoms with Crippen molar-refractivity contribution < 1.29 is 9.21 Å². The molecule has 0 bridgehead atoms. The van der Waals surface area contributed by atoms with Crippen LogP contribution in [0.2, 0.25) is 0 Å². The Labute approximate surface area is 87.6 Å². The van der Waals surface area contributed by atoms with Gasteiger partial charge in [-0.05, 0) is 19.4 Å². The van der Waals surface area contributed by atoms with Crippen LogP contribution >= 0.6 is 0 Å². The highest BCUT2D eigenvalue weighted by Gasteiger charge is 2.13. The molecule has 1 N–H and O–H groups in total. The van der Waals surface area contributed by atoms with Crippen molar-refractivity contribution in [1.29, 1.82) is 0 Å². The minimum Gasteiger partial charge on any atom is -0.427 e. The van der Waals surface area contributed by atoms with E-state index in [0.717, 1.165) is 0 Å². The summed E-state index contributed by atoms with van der Waals surface area (Å²) in [6.45, 7) is 7.18.